The predicted molar refractivity (Wildman–Crippen MR) is 67.7 cm³/mol. The molecule has 0 aliphatic heterocycles. The molecule has 0 amide bonds. The van der Waals surface area contributed by atoms with Gasteiger partial charge in [-0.3, -0.25) is 4.79 Å². The van der Waals surface area contributed by atoms with Crippen molar-refractivity contribution in [3.05, 3.63) is 24.0 Å². The molecule has 1 aromatic rings. The standard InChI is InChI=1S/C13H22N2O2/c1-3-15-9-7-12(11-15)10-14-8-5-6-13(16)17-4-2/h7,9,11,14H,3-6,8,10H2,1-2H3. The summed E-state index contributed by atoms with van der Waals surface area (Å²) in [6.45, 7) is 7.12. The molecule has 1 N–H and O–H groups in total. The van der Waals surface area contributed by atoms with Crippen LogP contribution in [0.4, 0.5) is 0 Å². The highest BCUT2D eigenvalue weighted by atomic mass is 16.5. The fraction of sp³-hybridized carbons (Fsp3) is 0.615. The zero-order valence-electron chi connectivity index (χ0n) is 10.7. The van der Waals surface area contributed by atoms with Crippen LogP contribution in [-0.4, -0.2) is 23.7 Å². The van der Waals surface area contributed by atoms with Gasteiger partial charge in [0.2, 0.25) is 0 Å². The molecule has 0 saturated heterocycles. The summed E-state index contributed by atoms with van der Waals surface area (Å²) in [6, 6.07) is 2.11. The summed E-state index contributed by atoms with van der Waals surface area (Å²) in [5.41, 5.74) is 1.28. The van der Waals surface area contributed by atoms with E-state index in [1.165, 1.54) is 5.56 Å². The largest absolute Gasteiger partial charge is 0.466 e. The van der Waals surface area contributed by atoms with Gasteiger partial charge in [0.25, 0.3) is 0 Å². The van der Waals surface area contributed by atoms with Gasteiger partial charge in [0.05, 0.1) is 6.61 Å². The van der Waals surface area contributed by atoms with E-state index in [2.05, 4.69) is 35.3 Å². The third kappa shape index (κ3) is 5.54. The van der Waals surface area contributed by atoms with Crippen LogP contribution < -0.4 is 5.32 Å². The molecule has 1 aromatic heterocycles. The lowest BCUT2D eigenvalue weighted by atomic mass is 10.3. The summed E-state index contributed by atoms with van der Waals surface area (Å²) < 4.78 is 7.00. The quantitative estimate of drug-likeness (QED) is 0.556. The first-order valence-electron chi connectivity index (χ1n) is 6.27. The zero-order valence-corrected chi connectivity index (χ0v) is 10.7. The molecule has 0 saturated carbocycles. The lowest BCUT2D eigenvalue weighted by molar-refractivity contribution is -0.143. The van der Waals surface area contributed by atoms with Crippen molar-refractivity contribution < 1.29 is 9.53 Å². The fourth-order valence-corrected chi connectivity index (χ4v) is 1.62. The third-order valence-electron chi connectivity index (χ3n) is 2.55. The topological polar surface area (TPSA) is 43.3 Å². The van der Waals surface area contributed by atoms with E-state index in [1.807, 2.05) is 6.92 Å². The third-order valence-corrected chi connectivity index (χ3v) is 2.55. The van der Waals surface area contributed by atoms with E-state index >= 15 is 0 Å². The molecule has 0 atom stereocenters. The summed E-state index contributed by atoms with van der Waals surface area (Å²) in [5.74, 6) is -0.105. The molecule has 0 fully saturated rings. The van der Waals surface area contributed by atoms with Gasteiger partial charge in [-0.1, -0.05) is 0 Å². The maximum atomic E-state index is 11.1. The number of carbonyl (C=O) groups excluding carboxylic acids is 1. The Morgan fingerprint density at radius 2 is 2.29 bits per heavy atom. The monoisotopic (exact) mass is 238 g/mol. The molecule has 0 radical (unpaired) electrons. The van der Waals surface area contributed by atoms with Crippen LogP contribution in [0.2, 0.25) is 0 Å². The number of nitrogens with zero attached hydrogens (tertiary/aromatic N) is 1. The van der Waals surface area contributed by atoms with Crippen LogP contribution in [0.3, 0.4) is 0 Å². The van der Waals surface area contributed by atoms with Crippen molar-refractivity contribution in [3.8, 4) is 0 Å². The van der Waals surface area contributed by atoms with Gasteiger partial charge in [-0.15, -0.1) is 0 Å². The van der Waals surface area contributed by atoms with Crippen LogP contribution in [0.15, 0.2) is 18.5 Å². The molecular formula is C13H22N2O2. The van der Waals surface area contributed by atoms with Gasteiger partial charge in [0.1, 0.15) is 0 Å². The molecular weight excluding hydrogens is 216 g/mol. The van der Waals surface area contributed by atoms with Crippen molar-refractivity contribution in [2.75, 3.05) is 13.2 Å². The number of ether oxygens (including phenoxy) is 1. The van der Waals surface area contributed by atoms with Crippen LogP contribution in [0.1, 0.15) is 32.3 Å². The minimum Gasteiger partial charge on any atom is -0.466 e. The number of hydrogen-bond donors (Lipinski definition) is 1. The van der Waals surface area contributed by atoms with E-state index in [1.54, 1.807) is 0 Å². The number of hydrogen-bond acceptors (Lipinski definition) is 3. The highest BCUT2D eigenvalue weighted by Gasteiger charge is 2.00. The Labute approximate surface area is 103 Å². The smallest absolute Gasteiger partial charge is 0.305 e. The van der Waals surface area contributed by atoms with Crippen molar-refractivity contribution >= 4 is 5.97 Å². The Morgan fingerprint density at radius 3 is 2.94 bits per heavy atom. The number of esters is 1. The van der Waals surface area contributed by atoms with Crippen LogP contribution >= 0.6 is 0 Å². The van der Waals surface area contributed by atoms with Crippen molar-refractivity contribution in [1.29, 1.82) is 0 Å². The summed E-state index contributed by atoms with van der Waals surface area (Å²) in [6.07, 6.45) is 5.54. The van der Waals surface area contributed by atoms with Crippen molar-refractivity contribution in [2.24, 2.45) is 0 Å². The SMILES string of the molecule is CCOC(=O)CCCNCc1ccn(CC)c1. The fourth-order valence-electron chi connectivity index (χ4n) is 1.62. The Morgan fingerprint density at radius 1 is 1.47 bits per heavy atom. The molecule has 0 aliphatic carbocycles. The molecule has 0 aromatic carbocycles. The Hall–Kier alpha value is -1.29. The average molecular weight is 238 g/mol. The van der Waals surface area contributed by atoms with E-state index in [9.17, 15) is 4.79 Å². The summed E-state index contributed by atoms with van der Waals surface area (Å²) >= 11 is 0. The Kier molecular flexibility index (Phi) is 6.40. The van der Waals surface area contributed by atoms with Gasteiger partial charge in [0.15, 0.2) is 0 Å². The first kappa shape index (κ1) is 13.8. The minimum atomic E-state index is -0.105. The number of aryl methyl sites for hydroxylation is 1. The minimum absolute atomic E-state index is 0.105. The summed E-state index contributed by atoms with van der Waals surface area (Å²) in [4.78, 5) is 11.1. The predicted octanol–water partition coefficient (Wildman–Crippen LogP) is 1.94. The summed E-state index contributed by atoms with van der Waals surface area (Å²) in [7, 11) is 0. The van der Waals surface area contributed by atoms with Crippen LogP contribution in [0.5, 0.6) is 0 Å². The second-order valence-corrected chi connectivity index (χ2v) is 3.94. The average Bonchev–Trinajstić information content (AvgIpc) is 2.77. The van der Waals surface area contributed by atoms with Gasteiger partial charge in [-0.2, -0.15) is 0 Å². The normalized spacial score (nSPS) is 10.5. The second kappa shape index (κ2) is 7.90. The van der Waals surface area contributed by atoms with Crippen molar-refractivity contribution in [1.82, 2.24) is 9.88 Å². The van der Waals surface area contributed by atoms with E-state index in [0.29, 0.717) is 13.0 Å². The van der Waals surface area contributed by atoms with Crippen molar-refractivity contribution in [3.63, 3.8) is 0 Å². The maximum Gasteiger partial charge on any atom is 0.305 e. The van der Waals surface area contributed by atoms with Gasteiger partial charge in [-0.25, -0.2) is 0 Å². The van der Waals surface area contributed by atoms with Crippen LogP contribution in [0.25, 0.3) is 0 Å². The molecule has 0 aliphatic rings. The number of rotatable bonds is 8. The lowest BCUT2D eigenvalue weighted by Crippen LogP contribution is -2.16. The highest BCUT2D eigenvalue weighted by Crippen LogP contribution is 2.00. The van der Waals surface area contributed by atoms with E-state index in [-0.39, 0.29) is 5.97 Å². The molecule has 0 unspecified atom stereocenters. The second-order valence-electron chi connectivity index (χ2n) is 3.94. The Bertz CT molecular complexity index is 334. The van der Waals surface area contributed by atoms with Crippen LogP contribution in [0, 0.1) is 0 Å². The molecule has 0 bridgehead atoms. The number of nitrogens with one attached hydrogen (secondary N) is 1. The van der Waals surface area contributed by atoms with E-state index in [0.717, 1.165) is 26.1 Å². The van der Waals surface area contributed by atoms with Gasteiger partial charge in [0, 0.05) is 31.9 Å². The lowest BCUT2D eigenvalue weighted by Gasteiger charge is -2.03. The molecule has 0 spiro atoms. The first-order chi connectivity index (χ1) is 8.26. The molecule has 4 heteroatoms. The number of carbonyl (C=O) groups is 1. The molecule has 4 nitrogen and oxygen atoms in total. The summed E-state index contributed by atoms with van der Waals surface area (Å²) in [5, 5.41) is 3.32. The van der Waals surface area contributed by atoms with Crippen molar-refractivity contribution in [2.45, 2.75) is 39.8 Å². The maximum absolute atomic E-state index is 11.1. The highest BCUT2D eigenvalue weighted by molar-refractivity contribution is 5.69. The molecule has 96 valence electrons. The Balaban J connectivity index is 2.06. The molecule has 17 heavy (non-hydrogen) atoms. The van der Waals surface area contributed by atoms with Gasteiger partial charge < -0.3 is 14.6 Å². The van der Waals surface area contributed by atoms with E-state index in [4.69, 9.17) is 4.74 Å². The van der Waals surface area contributed by atoms with Gasteiger partial charge in [-0.05, 0) is 38.4 Å². The van der Waals surface area contributed by atoms with Gasteiger partial charge >= 0.3 is 5.97 Å². The molecule has 1 heterocycles. The van der Waals surface area contributed by atoms with Crippen LogP contribution in [-0.2, 0) is 22.6 Å². The zero-order chi connectivity index (χ0) is 12.5. The first-order valence-corrected chi connectivity index (χ1v) is 6.27. The van der Waals surface area contributed by atoms with E-state index < -0.39 is 0 Å². The molecule has 1 rings (SSSR count). The number of aromatic nitrogens is 1.